The van der Waals surface area contributed by atoms with Crippen molar-refractivity contribution in [3.8, 4) is 0 Å². The second kappa shape index (κ2) is 10.4. The summed E-state index contributed by atoms with van der Waals surface area (Å²) in [6.07, 6.45) is 2.61. The lowest BCUT2D eigenvalue weighted by molar-refractivity contribution is -0.122. The number of rotatable bonds is 7. The highest BCUT2D eigenvalue weighted by molar-refractivity contribution is 7.89. The molecule has 0 radical (unpaired) electrons. The highest BCUT2D eigenvalue weighted by atomic mass is 35.5. The topological polar surface area (TPSA) is 66.5 Å². The predicted octanol–water partition coefficient (Wildman–Crippen LogP) is 5.52. The van der Waals surface area contributed by atoms with Crippen LogP contribution in [-0.2, 0) is 27.8 Å². The lowest BCUT2D eigenvalue weighted by Gasteiger charge is -2.28. The molecule has 0 bridgehead atoms. The zero-order chi connectivity index (χ0) is 24.3. The number of aryl methyl sites for hydroxylation is 1. The van der Waals surface area contributed by atoms with E-state index in [-0.39, 0.29) is 21.5 Å². The van der Waals surface area contributed by atoms with E-state index in [0.29, 0.717) is 5.02 Å². The highest BCUT2D eigenvalue weighted by Crippen LogP contribution is 2.30. The van der Waals surface area contributed by atoms with Gasteiger partial charge in [0.2, 0.25) is 15.9 Å². The summed E-state index contributed by atoms with van der Waals surface area (Å²) in [5.41, 5.74) is 2.20. The van der Waals surface area contributed by atoms with Gasteiger partial charge in [-0.3, -0.25) is 4.79 Å². The number of carbonyl (C=O) groups is 1. The number of benzene rings is 3. The van der Waals surface area contributed by atoms with E-state index in [0.717, 1.165) is 29.1 Å². The summed E-state index contributed by atoms with van der Waals surface area (Å²) in [7, 11) is -4.16. The van der Waals surface area contributed by atoms with E-state index in [1.54, 1.807) is 0 Å². The number of sulfonamides is 1. The number of amides is 1. The van der Waals surface area contributed by atoms with Crippen LogP contribution < -0.4 is 5.32 Å². The Bertz CT molecular complexity index is 1280. The van der Waals surface area contributed by atoms with E-state index in [4.69, 9.17) is 23.2 Å². The molecule has 3 aromatic carbocycles. The van der Waals surface area contributed by atoms with Crippen molar-refractivity contribution in [1.29, 1.82) is 0 Å². The summed E-state index contributed by atoms with van der Waals surface area (Å²) >= 11 is 12.1. The van der Waals surface area contributed by atoms with Crippen LogP contribution in [0.4, 0.5) is 4.39 Å². The molecule has 0 aromatic heterocycles. The lowest BCUT2D eigenvalue weighted by atomic mass is 9.88. The number of nitrogens with one attached hydrogen (secondary N) is 1. The lowest BCUT2D eigenvalue weighted by Crippen LogP contribution is -2.42. The summed E-state index contributed by atoms with van der Waals surface area (Å²) in [5, 5.41) is 3.41. The first-order chi connectivity index (χ1) is 16.3. The van der Waals surface area contributed by atoms with Crippen molar-refractivity contribution in [2.75, 3.05) is 6.54 Å². The number of halogens is 3. The summed E-state index contributed by atoms with van der Waals surface area (Å²) in [5.74, 6) is -1.13. The molecule has 3 aromatic rings. The predicted molar refractivity (Wildman–Crippen MR) is 131 cm³/mol. The maximum absolute atomic E-state index is 14.5. The first kappa shape index (κ1) is 24.7. The molecule has 0 heterocycles. The highest BCUT2D eigenvalue weighted by Gasteiger charge is 2.30. The van der Waals surface area contributed by atoms with Crippen LogP contribution in [0.25, 0.3) is 0 Å². The number of nitrogens with zero attached hydrogens (tertiary/aromatic N) is 1. The molecular weight excluding hydrogens is 498 g/mol. The van der Waals surface area contributed by atoms with Crippen molar-refractivity contribution in [1.82, 2.24) is 9.62 Å². The van der Waals surface area contributed by atoms with Gasteiger partial charge in [-0.1, -0.05) is 53.5 Å². The van der Waals surface area contributed by atoms with E-state index in [2.05, 4.69) is 5.32 Å². The van der Waals surface area contributed by atoms with Crippen molar-refractivity contribution >= 4 is 39.1 Å². The smallest absolute Gasteiger partial charge is 0.243 e. The Hall–Kier alpha value is -2.45. The van der Waals surface area contributed by atoms with Gasteiger partial charge in [0.1, 0.15) is 5.82 Å². The van der Waals surface area contributed by atoms with Gasteiger partial charge in [-0.25, -0.2) is 12.8 Å². The van der Waals surface area contributed by atoms with Crippen LogP contribution in [0, 0.1) is 5.82 Å². The van der Waals surface area contributed by atoms with E-state index in [1.165, 1.54) is 48.0 Å². The van der Waals surface area contributed by atoms with Crippen LogP contribution in [0.15, 0.2) is 71.6 Å². The molecule has 4 rings (SSSR count). The van der Waals surface area contributed by atoms with Crippen molar-refractivity contribution in [3.05, 3.63) is 99.3 Å². The first-order valence-corrected chi connectivity index (χ1v) is 13.0. The van der Waals surface area contributed by atoms with Crippen LogP contribution >= 0.6 is 23.2 Å². The zero-order valence-corrected chi connectivity index (χ0v) is 20.5. The quantitative estimate of drug-likeness (QED) is 0.446. The van der Waals surface area contributed by atoms with Gasteiger partial charge >= 0.3 is 0 Å². The zero-order valence-electron chi connectivity index (χ0n) is 18.2. The maximum atomic E-state index is 14.5. The van der Waals surface area contributed by atoms with Crippen molar-refractivity contribution < 1.29 is 17.6 Å². The largest absolute Gasteiger partial charge is 0.348 e. The maximum Gasteiger partial charge on any atom is 0.243 e. The molecule has 34 heavy (non-hydrogen) atoms. The summed E-state index contributed by atoms with van der Waals surface area (Å²) < 4.78 is 42.3. The Morgan fingerprint density at radius 3 is 2.50 bits per heavy atom. The first-order valence-electron chi connectivity index (χ1n) is 10.8. The Labute approximate surface area is 208 Å². The fraction of sp³-hybridized carbons (Fsp3) is 0.240. The average Bonchev–Trinajstić information content (AvgIpc) is 2.81. The molecule has 0 saturated heterocycles. The van der Waals surface area contributed by atoms with Gasteiger partial charge in [0, 0.05) is 22.2 Å². The third-order valence-electron chi connectivity index (χ3n) is 5.87. The minimum Gasteiger partial charge on any atom is -0.348 e. The molecule has 1 aliphatic carbocycles. The van der Waals surface area contributed by atoms with Gasteiger partial charge in [0.15, 0.2) is 0 Å². The molecular formula is C25H23Cl2FN2O3S. The Morgan fingerprint density at radius 2 is 1.76 bits per heavy atom. The third kappa shape index (κ3) is 5.44. The number of hydrogen-bond donors (Lipinski definition) is 1. The van der Waals surface area contributed by atoms with Gasteiger partial charge in [0.05, 0.1) is 17.5 Å². The SMILES string of the molecule is O=C(CN(Cc1c(F)cccc1Cl)S(=O)(=O)c1ccc(Cl)cc1)N[C@@H]1CCCc2ccccc21. The van der Waals surface area contributed by atoms with Crippen LogP contribution in [0.5, 0.6) is 0 Å². The van der Waals surface area contributed by atoms with Gasteiger partial charge in [-0.05, 0) is 66.8 Å². The number of hydrogen-bond acceptors (Lipinski definition) is 3. The van der Waals surface area contributed by atoms with E-state index < -0.39 is 34.8 Å². The molecule has 1 atom stereocenters. The molecule has 9 heteroatoms. The standard InChI is InChI=1S/C25H23Cl2FN2O3S/c26-18-11-13-19(14-12-18)34(32,33)30(15-21-22(27)8-4-9-23(21)28)16-25(31)29-24-10-3-6-17-5-1-2-7-20(17)24/h1-2,4-5,7-9,11-14,24H,3,6,10,15-16H2,(H,29,31)/t24-/m1/s1. The van der Waals surface area contributed by atoms with Crippen LogP contribution in [0.3, 0.4) is 0 Å². The molecule has 5 nitrogen and oxygen atoms in total. The normalized spacial score (nSPS) is 15.7. The van der Waals surface area contributed by atoms with Gasteiger partial charge in [0.25, 0.3) is 0 Å². The molecule has 178 valence electrons. The second-order valence-electron chi connectivity index (χ2n) is 8.14. The van der Waals surface area contributed by atoms with Gasteiger partial charge in [-0.2, -0.15) is 4.31 Å². The Morgan fingerprint density at radius 1 is 1.03 bits per heavy atom. The fourth-order valence-electron chi connectivity index (χ4n) is 4.15. The van der Waals surface area contributed by atoms with E-state index in [1.807, 2.05) is 24.3 Å². The third-order valence-corrected chi connectivity index (χ3v) is 8.28. The summed E-state index contributed by atoms with van der Waals surface area (Å²) in [4.78, 5) is 13.0. The summed E-state index contributed by atoms with van der Waals surface area (Å²) in [6.45, 7) is -0.889. The van der Waals surface area contributed by atoms with Crippen molar-refractivity contribution in [2.45, 2.75) is 36.7 Å². The molecule has 0 spiro atoms. The number of fused-ring (bicyclic) bond motifs is 1. The van der Waals surface area contributed by atoms with Crippen molar-refractivity contribution in [3.63, 3.8) is 0 Å². The molecule has 0 unspecified atom stereocenters. The molecule has 0 fully saturated rings. The van der Waals surface area contributed by atoms with Crippen LogP contribution in [-0.4, -0.2) is 25.2 Å². The van der Waals surface area contributed by atoms with E-state index in [9.17, 15) is 17.6 Å². The second-order valence-corrected chi connectivity index (χ2v) is 10.9. The molecule has 1 aliphatic rings. The van der Waals surface area contributed by atoms with Crippen LogP contribution in [0.1, 0.15) is 35.6 Å². The molecule has 1 N–H and O–H groups in total. The molecule has 0 saturated carbocycles. The van der Waals surface area contributed by atoms with Gasteiger partial charge in [-0.15, -0.1) is 0 Å². The van der Waals surface area contributed by atoms with E-state index >= 15 is 0 Å². The Kier molecular flexibility index (Phi) is 7.57. The minimum atomic E-state index is -4.16. The molecule has 1 amide bonds. The molecule has 0 aliphatic heterocycles. The van der Waals surface area contributed by atoms with Gasteiger partial charge < -0.3 is 5.32 Å². The summed E-state index contributed by atoms with van der Waals surface area (Å²) in [6, 6.07) is 17.4. The number of carbonyl (C=O) groups excluding carboxylic acids is 1. The minimum absolute atomic E-state index is 0.00230. The Balaban J connectivity index is 1.62. The van der Waals surface area contributed by atoms with Crippen LogP contribution in [0.2, 0.25) is 10.0 Å². The fourth-order valence-corrected chi connectivity index (χ4v) is 5.86. The monoisotopic (exact) mass is 520 g/mol. The average molecular weight is 521 g/mol. The van der Waals surface area contributed by atoms with Crippen molar-refractivity contribution in [2.24, 2.45) is 0 Å².